The molecule has 1 aromatic rings. The van der Waals surface area contributed by atoms with Gasteiger partial charge in [-0.15, -0.1) is 0 Å². The number of aliphatic hydroxyl groups is 1. The van der Waals surface area contributed by atoms with Crippen LogP contribution in [0.4, 0.5) is 4.39 Å². The van der Waals surface area contributed by atoms with E-state index in [-0.39, 0.29) is 18.3 Å². The van der Waals surface area contributed by atoms with E-state index < -0.39 is 5.82 Å². The maximum absolute atomic E-state index is 14.1. The van der Waals surface area contributed by atoms with E-state index in [1.54, 1.807) is 13.0 Å². The first-order valence-corrected chi connectivity index (χ1v) is 5.82. The number of fused-ring (bicyclic) bond motifs is 1. The zero-order valence-electron chi connectivity index (χ0n) is 8.80. The lowest BCUT2D eigenvalue weighted by Crippen LogP contribution is -2.18. The molecule has 1 atom stereocenters. The van der Waals surface area contributed by atoms with E-state index in [1.165, 1.54) is 0 Å². The fourth-order valence-corrected chi connectivity index (χ4v) is 2.45. The predicted molar refractivity (Wildman–Crippen MR) is 60.6 cm³/mol. The summed E-state index contributed by atoms with van der Waals surface area (Å²) in [5, 5.41) is 9.08. The number of ether oxygens (including phenoxy) is 2. The molecule has 0 amide bonds. The third-order valence-corrected chi connectivity index (χ3v) is 3.18. The Morgan fingerprint density at radius 3 is 2.88 bits per heavy atom. The first-order chi connectivity index (χ1) is 7.65. The second kappa shape index (κ2) is 4.59. The zero-order valence-corrected chi connectivity index (χ0v) is 10.4. The molecule has 88 valence electrons. The van der Waals surface area contributed by atoms with E-state index in [0.717, 1.165) is 0 Å². The van der Waals surface area contributed by atoms with E-state index in [0.29, 0.717) is 29.0 Å². The normalized spacial score (nSPS) is 16.0. The maximum Gasteiger partial charge on any atom is 0.197 e. The molecule has 1 N–H and O–H groups in total. The average molecular weight is 291 g/mol. The molecule has 0 saturated carbocycles. The van der Waals surface area contributed by atoms with E-state index >= 15 is 0 Å². The molecule has 3 nitrogen and oxygen atoms in total. The summed E-state index contributed by atoms with van der Waals surface area (Å²) in [6.07, 6.45) is 0. The Morgan fingerprint density at radius 1 is 1.50 bits per heavy atom. The Kier molecular flexibility index (Phi) is 3.35. The molecule has 0 saturated heterocycles. The molecule has 0 radical (unpaired) electrons. The maximum atomic E-state index is 14.1. The Morgan fingerprint density at radius 2 is 2.19 bits per heavy atom. The monoisotopic (exact) mass is 290 g/mol. The van der Waals surface area contributed by atoms with E-state index in [1.807, 2.05) is 0 Å². The van der Waals surface area contributed by atoms with E-state index in [9.17, 15) is 4.39 Å². The molecule has 0 bridgehead atoms. The van der Waals surface area contributed by atoms with Crippen molar-refractivity contribution in [1.82, 2.24) is 0 Å². The highest BCUT2D eigenvalue weighted by atomic mass is 79.9. The van der Waals surface area contributed by atoms with E-state index in [2.05, 4.69) is 15.9 Å². The van der Waals surface area contributed by atoms with Crippen LogP contribution in [0.1, 0.15) is 18.4 Å². The van der Waals surface area contributed by atoms with Gasteiger partial charge < -0.3 is 14.6 Å². The number of aliphatic hydroxyl groups excluding tert-OH is 1. The number of hydrogen-bond donors (Lipinski definition) is 1. The van der Waals surface area contributed by atoms with Gasteiger partial charge in [-0.05, 0) is 6.07 Å². The van der Waals surface area contributed by atoms with Crippen LogP contribution < -0.4 is 9.47 Å². The minimum Gasteiger partial charge on any atom is -0.486 e. The smallest absolute Gasteiger partial charge is 0.197 e. The fourth-order valence-electron chi connectivity index (χ4n) is 1.67. The van der Waals surface area contributed by atoms with Crippen molar-refractivity contribution in [3.63, 3.8) is 0 Å². The van der Waals surface area contributed by atoms with Crippen LogP contribution in [-0.2, 0) is 0 Å². The molecule has 0 fully saturated rings. The van der Waals surface area contributed by atoms with Gasteiger partial charge in [0.15, 0.2) is 17.3 Å². The van der Waals surface area contributed by atoms with Crippen molar-refractivity contribution >= 4 is 15.9 Å². The Bertz CT molecular complexity index is 409. The van der Waals surface area contributed by atoms with Gasteiger partial charge in [0.25, 0.3) is 0 Å². The number of halogens is 2. The zero-order chi connectivity index (χ0) is 11.7. The van der Waals surface area contributed by atoms with Crippen molar-refractivity contribution in [3.05, 3.63) is 21.9 Å². The van der Waals surface area contributed by atoms with Crippen molar-refractivity contribution in [2.45, 2.75) is 12.8 Å². The van der Waals surface area contributed by atoms with Gasteiger partial charge in [-0.2, -0.15) is 0 Å². The summed E-state index contributed by atoms with van der Waals surface area (Å²) in [6, 6.07) is 1.68. The quantitative estimate of drug-likeness (QED) is 0.909. The summed E-state index contributed by atoms with van der Waals surface area (Å²) >= 11 is 3.28. The molecular formula is C11H12BrFO3. The minimum absolute atomic E-state index is 0.116. The summed E-state index contributed by atoms with van der Waals surface area (Å²) < 4.78 is 25.2. The molecule has 1 unspecified atom stereocenters. The Hall–Kier alpha value is -0.810. The Labute approximate surface area is 101 Å². The van der Waals surface area contributed by atoms with Crippen LogP contribution in [-0.4, -0.2) is 24.9 Å². The van der Waals surface area contributed by atoms with Crippen LogP contribution in [0, 0.1) is 5.82 Å². The van der Waals surface area contributed by atoms with Crippen LogP contribution in [0.2, 0.25) is 0 Å². The fraction of sp³-hybridized carbons (Fsp3) is 0.455. The van der Waals surface area contributed by atoms with Gasteiger partial charge in [-0.25, -0.2) is 4.39 Å². The third-order valence-electron chi connectivity index (χ3n) is 2.53. The molecule has 1 aliphatic rings. The molecular weight excluding hydrogens is 279 g/mol. The lowest BCUT2D eigenvalue weighted by molar-refractivity contribution is 0.163. The topological polar surface area (TPSA) is 38.7 Å². The van der Waals surface area contributed by atoms with Gasteiger partial charge in [-0.3, -0.25) is 0 Å². The SMILES string of the molecule is CC(CO)c1c(Br)cc2c(c1F)OCCO2. The van der Waals surface area contributed by atoms with Gasteiger partial charge in [0.2, 0.25) is 0 Å². The molecule has 16 heavy (non-hydrogen) atoms. The highest BCUT2D eigenvalue weighted by molar-refractivity contribution is 9.10. The lowest BCUT2D eigenvalue weighted by Gasteiger charge is -2.22. The molecule has 0 aliphatic carbocycles. The second-order valence-corrected chi connectivity index (χ2v) is 4.55. The summed E-state index contributed by atoms with van der Waals surface area (Å²) in [6.45, 7) is 2.40. The van der Waals surface area contributed by atoms with Crippen molar-refractivity contribution < 1.29 is 19.0 Å². The molecule has 1 heterocycles. The van der Waals surface area contributed by atoms with Crippen LogP contribution in [0.5, 0.6) is 11.5 Å². The van der Waals surface area contributed by atoms with Crippen molar-refractivity contribution in [3.8, 4) is 11.5 Å². The summed E-state index contributed by atoms with van der Waals surface area (Å²) in [5.41, 5.74) is 0.423. The van der Waals surface area contributed by atoms with Crippen LogP contribution in [0.15, 0.2) is 10.5 Å². The molecule has 1 aliphatic heterocycles. The molecule has 2 rings (SSSR count). The largest absolute Gasteiger partial charge is 0.486 e. The first-order valence-electron chi connectivity index (χ1n) is 5.03. The number of hydrogen-bond acceptors (Lipinski definition) is 3. The van der Waals surface area contributed by atoms with Crippen LogP contribution in [0.25, 0.3) is 0 Å². The third kappa shape index (κ3) is 1.89. The summed E-state index contributed by atoms with van der Waals surface area (Å²) in [7, 11) is 0. The Balaban J connectivity index is 2.54. The molecule has 0 aromatic heterocycles. The predicted octanol–water partition coefficient (Wildman–Crippen LogP) is 2.46. The number of benzene rings is 1. The number of rotatable bonds is 2. The first kappa shape index (κ1) is 11.7. The standard InChI is InChI=1S/C11H12BrFO3/c1-6(5-14)9-7(12)4-8-11(10(9)13)16-3-2-15-8/h4,6,14H,2-3,5H2,1H3. The molecule has 5 heteroatoms. The summed E-state index contributed by atoms with van der Waals surface area (Å²) in [5.74, 6) is -0.190. The lowest BCUT2D eigenvalue weighted by atomic mass is 10.0. The molecule has 0 spiro atoms. The van der Waals surface area contributed by atoms with Gasteiger partial charge in [0.1, 0.15) is 13.2 Å². The van der Waals surface area contributed by atoms with Gasteiger partial charge in [-0.1, -0.05) is 22.9 Å². The van der Waals surface area contributed by atoms with Crippen LogP contribution >= 0.6 is 15.9 Å². The highest BCUT2D eigenvalue weighted by Crippen LogP contribution is 2.41. The van der Waals surface area contributed by atoms with Gasteiger partial charge >= 0.3 is 0 Å². The van der Waals surface area contributed by atoms with Gasteiger partial charge in [0, 0.05) is 22.6 Å². The second-order valence-electron chi connectivity index (χ2n) is 3.69. The van der Waals surface area contributed by atoms with Crippen molar-refractivity contribution in [2.24, 2.45) is 0 Å². The average Bonchev–Trinajstić information content (AvgIpc) is 2.28. The highest BCUT2D eigenvalue weighted by Gasteiger charge is 2.24. The van der Waals surface area contributed by atoms with Crippen LogP contribution in [0.3, 0.4) is 0 Å². The summed E-state index contributed by atoms with van der Waals surface area (Å²) in [4.78, 5) is 0. The minimum atomic E-state index is -0.453. The van der Waals surface area contributed by atoms with E-state index in [4.69, 9.17) is 14.6 Å². The van der Waals surface area contributed by atoms with Crippen molar-refractivity contribution in [2.75, 3.05) is 19.8 Å². The van der Waals surface area contributed by atoms with Crippen molar-refractivity contribution in [1.29, 1.82) is 0 Å². The van der Waals surface area contributed by atoms with Gasteiger partial charge in [0.05, 0.1) is 0 Å². The molecule has 1 aromatic carbocycles.